The van der Waals surface area contributed by atoms with Crippen molar-refractivity contribution in [1.29, 1.82) is 0 Å². The molecule has 0 radical (unpaired) electrons. The lowest BCUT2D eigenvalue weighted by atomic mass is 10.1. The Hall–Kier alpha value is -1.81. The van der Waals surface area contributed by atoms with Gasteiger partial charge in [0.05, 0.1) is 5.52 Å². The molecule has 1 atom stereocenters. The average molecular weight is 245 g/mol. The Labute approximate surface area is 107 Å². The molecule has 1 aromatic carbocycles. The smallest absolute Gasteiger partial charge is 0.126 e. The van der Waals surface area contributed by atoms with E-state index in [1.807, 2.05) is 30.3 Å². The van der Waals surface area contributed by atoms with E-state index in [-0.39, 0.29) is 12.6 Å². The van der Waals surface area contributed by atoms with Gasteiger partial charge in [-0.25, -0.2) is 4.98 Å². The van der Waals surface area contributed by atoms with Crippen molar-refractivity contribution in [1.82, 2.24) is 4.98 Å². The molecule has 1 heterocycles. The number of nitrogens with zero attached hydrogens (tertiary/aromatic N) is 1. The van der Waals surface area contributed by atoms with Gasteiger partial charge in [0.15, 0.2) is 0 Å². The highest BCUT2D eigenvalue weighted by atomic mass is 16.3. The first kappa shape index (κ1) is 12.6. The van der Waals surface area contributed by atoms with Crippen LogP contribution in [-0.2, 0) is 0 Å². The van der Waals surface area contributed by atoms with Crippen molar-refractivity contribution in [3.63, 3.8) is 0 Å². The van der Waals surface area contributed by atoms with Gasteiger partial charge in [-0.15, -0.1) is 0 Å². The molecular weight excluding hydrogens is 226 g/mol. The van der Waals surface area contributed by atoms with Crippen molar-refractivity contribution in [2.75, 3.05) is 17.7 Å². The van der Waals surface area contributed by atoms with Crippen LogP contribution < -0.4 is 11.1 Å². The molecule has 0 saturated heterocycles. The van der Waals surface area contributed by atoms with E-state index in [9.17, 15) is 0 Å². The lowest BCUT2D eigenvalue weighted by Crippen LogP contribution is -2.20. The van der Waals surface area contributed by atoms with E-state index in [0.29, 0.717) is 0 Å². The number of fused-ring (bicyclic) bond motifs is 1. The molecule has 18 heavy (non-hydrogen) atoms. The van der Waals surface area contributed by atoms with E-state index in [1.54, 1.807) is 0 Å². The number of nitrogen functional groups attached to an aromatic ring is 1. The van der Waals surface area contributed by atoms with Gasteiger partial charge in [-0.1, -0.05) is 6.92 Å². The maximum Gasteiger partial charge on any atom is 0.126 e. The highest BCUT2D eigenvalue weighted by molar-refractivity contribution is 5.83. The van der Waals surface area contributed by atoms with Crippen LogP contribution in [0.1, 0.15) is 19.8 Å². The van der Waals surface area contributed by atoms with Crippen molar-refractivity contribution >= 4 is 22.4 Å². The van der Waals surface area contributed by atoms with E-state index >= 15 is 0 Å². The van der Waals surface area contributed by atoms with Crippen molar-refractivity contribution in [2.45, 2.75) is 25.8 Å². The first-order valence-corrected chi connectivity index (χ1v) is 6.26. The van der Waals surface area contributed by atoms with Crippen LogP contribution in [0.15, 0.2) is 30.3 Å². The SMILES string of the molecule is CCC(CCO)Nc1ccc2cc(N)ccc2n1. The fourth-order valence-corrected chi connectivity index (χ4v) is 1.97. The highest BCUT2D eigenvalue weighted by Gasteiger charge is 2.06. The molecule has 0 aliphatic heterocycles. The van der Waals surface area contributed by atoms with Gasteiger partial charge >= 0.3 is 0 Å². The number of benzene rings is 1. The van der Waals surface area contributed by atoms with Crippen molar-refractivity contribution < 1.29 is 5.11 Å². The Morgan fingerprint density at radius 1 is 1.33 bits per heavy atom. The molecule has 2 aromatic rings. The van der Waals surface area contributed by atoms with E-state index in [0.717, 1.165) is 35.2 Å². The summed E-state index contributed by atoms with van der Waals surface area (Å²) < 4.78 is 0. The van der Waals surface area contributed by atoms with Gasteiger partial charge in [0.2, 0.25) is 0 Å². The number of anilines is 2. The van der Waals surface area contributed by atoms with Crippen LogP contribution in [0.25, 0.3) is 10.9 Å². The maximum atomic E-state index is 8.97. The summed E-state index contributed by atoms with van der Waals surface area (Å²) in [6.07, 6.45) is 1.69. The van der Waals surface area contributed by atoms with Gasteiger partial charge in [0.25, 0.3) is 0 Å². The highest BCUT2D eigenvalue weighted by Crippen LogP contribution is 2.19. The lowest BCUT2D eigenvalue weighted by molar-refractivity contribution is 0.278. The van der Waals surface area contributed by atoms with Crippen molar-refractivity contribution in [3.8, 4) is 0 Å². The first-order chi connectivity index (χ1) is 8.72. The molecule has 96 valence electrons. The summed E-state index contributed by atoms with van der Waals surface area (Å²) in [5.74, 6) is 0.840. The summed E-state index contributed by atoms with van der Waals surface area (Å²) >= 11 is 0. The third kappa shape index (κ3) is 2.90. The minimum absolute atomic E-state index is 0.190. The molecule has 0 bridgehead atoms. The Morgan fingerprint density at radius 3 is 2.89 bits per heavy atom. The Bertz CT molecular complexity index is 527. The van der Waals surface area contributed by atoms with E-state index in [1.165, 1.54) is 0 Å². The summed E-state index contributed by atoms with van der Waals surface area (Å²) in [6.45, 7) is 2.28. The molecule has 0 aliphatic rings. The monoisotopic (exact) mass is 245 g/mol. The number of hydrogen-bond donors (Lipinski definition) is 3. The molecule has 1 unspecified atom stereocenters. The number of pyridine rings is 1. The summed E-state index contributed by atoms with van der Waals surface area (Å²) in [7, 11) is 0. The number of hydrogen-bond acceptors (Lipinski definition) is 4. The number of aliphatic hydroxyl groups is 1. The zero-order valence-corrected chi connectivity index (χ0v) is 10.6. The average Bonchev–Trinajstić information content (AvgIpc) is 2.38. The number of nitrogens with one attached hydrogen (secondary N) is 1. The second-order valence-corrected chi connectivity index (χ2v) is 4.41. The molecule has 4 nitrogen and oxygen atoms in total. The van der Waals surface area contributed by atoms with E-state index in [4.69, 9.17) is 10.8 Å². The minimum Gasteiger partial charge on any atom is -0.399 e. The van der Waals surface area contributed by atoms with Gasteiger partial charge in [0, 0.05) is 23.7 Å². The molecule has 4 heteroatoms. The minimum atomic E-state index is 0.190. The maximum absolute atomic E-state index is 8.97. The van der Waals surface area contributed by atoms with Gasteiger partial charge in [0.1, 0.15) is 5.82 Å². The normalized spacial score (nSPS) is 12.6. The van der Waals surface area contributed by atoms with Crippen LogP contribution >= 0.6 is 0 Å². The Balaban J connectivity index is 2.21. The van der Waals surface area contributed by atoms with Gasteiger partial charge in [-0.05, 0) is 43.2 Å². The number of aliphatic hydroxyl groups excluding tert-OH is 1. The van der Waals surface area contributed by atoms with Gasteiger partial charge in [-0.3, -0.25) is 0 Å². The van der Waals surface area contributed by atoms with Crippen LogP contribution in [-0.4, -0.2) is 22.7 Å². The summed E-state index contributed by atoms with van der Waals surface area (Å²) in [5, 5.41) is 13.3. The topological polar surface area (TPSA) is 71.2 Å². The standard InChI is InChI=1S/C14H19N3O/c1-2-12(7-8-18)16-14-6-3-10-9-11(15)4-5-13(10)17-14/h3-6,9,12,18H,2,7-8,15H2,1H3,(H,16,17). The van der Waals surface area contributed by atoms with Crippen LogP contribution in [0.3, 0.4) is 0 Å². The number of nitrogens with two attached hydrogens (primary N) is 1. The molecule has 2 rings (SSSR count). The zero-order chi connectivity index (χ0) is 13.0. The van der Waals surface area contributed by atoms with Crippen molar-refractivity contribution in [2.24, 2.45) is 0 Å². The second-order valence-electron chi connectivity index (χ2n) is 4.41. The molecule has 0 spiro atoms. The number of aromatic nitrogens is 1. The molecule has 0 saturated carbocycles. The predicted octanol–water partition coefficient (Wildman–Crippen LogP) is 2.39. The molecule has 0 fully saturated rings. The Morgan fingerprint density at radius 2 is 2.17 bits per heavy atom. The summed E-state index contributed by atoms with van der Waals surface area (Å²) in [4.78, 5) is 4.54. The summed E-state index contributed by atoms with van der Waals surface area (Å²) in [6, 6.07) is 9.90. The quantitative estimate of drug-likeness (QED) is 0.707. The van der Waals surface area contributed by atoms with Crippen LogP contribution in [0.5, 0.6) is 0 Å². The third-order valence-corrected chi connectivity index (χ3v) is 3.04. The van der Waals surface area contributed by atoms with Gasteiger partial charge < -0.3 is 16.2 Å². The molecule has 0 aliphatic carbocycles. The zero-order valence-electron chi connectivity index (χ0n) is 10.6. The molecule has 0 amide bonds. The van der Waals surface area contributed by atoms with Gasteiger partial charge in [-0.2, -0.15) is 0 Å². The fourth-order valence-electron chi connectivity index (χ4n) is 1.97. The van der Waals surface area contributed by atoms with E-state index in [2.05, 4.69) is 17.2 Å². The third-order valence-electron chi connectivity index (χ3n) is 3.04. The van der Waals surface area contributed by atoms with Crippen LogP contribution in [0, 0.1) is 0 Å². The number of rotatable bonds is 5. The second kappa shape index (κ2) is 5.69. The van der Waals surface area contributed by atoms with Crippen LogP contribution in [0.4, 0.5) is 11.5 Å². The molecule has 1 aromatic heterocycles. The first-order valence-electron chi connectivity index (χ1n) is 6.26. The lowest BCUT2D eigenvalue weighted by Gasteiger charge is -2.16. The summed E-state index contributed by atoms with van der Waals surface area (Å²) in [5.41, 5.74) is 7.40. The molecular formula is C14H19N3O. The van der Waals surface area contributed by atoms with Crippen molar-refractivity contribution in [3.05, 3.63) is 30.3 Å². The van der Waals surface area contributed by atoms with Crippen LogP contribution in [0.2, 0.25) is 0 Å². The molecule has 4 N–H and O–H groups in total. The fraction of sp³-hybridized carbons (Fsp3) is 0.357. The van der Waals surface area contributed by atoms with E-state index < -0.39 is 0 Å². The largest absolute Gasteiger partial charge is 0.399 e. The Kier molecular flexibility index (Phi) is 3.99. The predicted molar refractivity (Wildman–Crippen MR) is 75.6 cm³/mol.